The monoisotopic (exact) mass is 400 g/mol. The Morgan fingerprint density at radius 3 is 2.59 bits per heavy atom. The number of nitrogens with one attached hydrogen (secondary N) is 1. The van der Waals surface area contributed by atoms with Crippen molar-refractivity contribution < 1.29 is 19.1 Å². The molecule has 0 unspecified atom stereocenters. The molecule has 1 N–H and O–H groups in total. The van der Waals surface area contributed by atoms with Gasteiger partial charge in [-0.3, -0.25) is 14.5 Å². The Bertz CT molecular complexity index is 984. The molecule has 1 aliphatic heterocycles. The maximum absolute atomic E-state index is 12.7. The lowest BCUT2D eigenvalue weighted by Crippen LogP contribution is -2.37. The van der Waals surface area contributed by atoms with Gasteiger partial charge in [0, 0.05) is 25.0 Å². The number of ether oxygens (including phenoxy) is 1. The molecule has 0 saturated carbocycles. The third kappa shape index (κ3) is 4.61. The number of benzene rings is 1. The van der Waals surface area contributed by atoms with Gasteiger partial charge in [0.1, 0.15) is 0 Å². The van der Waals surface area contributed by atoms with Crippen LogP contribution in [0.2, 0.25) is 0 Å². The number of amides is 3. The van der Waals surface area contributed by atoms with Crippen molar-refractivity contribution in [3.63, 3.8) is 0 Å². The van der Waals surface area contributed by atoms with E-state index in [9.17, 15) is 19.2 Å². The van der Waals surface area contributed by atoms with Crippen molar-refractivity contribution >= 4 is 28.7 Å². The van der Waals surface area contributed by atoms with Crippen LogP contribution in [-0.2, 0) is 16.1 Å². The van der Waals surface area contributed by atoms with Crippen LogP contribution in [-0.4, -0.2) is 52.3 Å². The van der Waals surface area contributed by atoms with E-state index < -0.39 is 24.5 Å². The van der Waals surface area contributed by atoms with Gasteiger partial charge in [-0.25, -0.2) is 14.3 Å². The number of rotatable bonds is 8. The molecule has 0 spiro atoms. The van der Waals surface area contributed by atoms with E-state index >= 15 is 0 Å². The fourth-order valence-electron chi connectivity index (χ4n) is 3.21. The first-order valence-corrected chi connectivity index (χ1v) is 9.78. The van der Waals surface area contributed by atoms with Crippen LogP contribution >= 0.6 is 0 Å². The van der Waals surface area contributed by atoms with Crippen molar-refractivity contribution in [1.29, 1.82) is 0 Å². The number of carbonyl (C=O) groups is 3. The van der Waals surface area contributed by atoms with Crippen LogP contribution in [0.25, 0.3) is 10.8 Å². The number of unbranched alkanes of at least 4 members (excludes halogenated alkanes) is 3. The molecular weight excluding hydrogens is 376 g/mol. The fourth-order valence-corrected chi connectivity index (χ4v) is 3.21. The molecule has 3 rings (SSSR count). The molecule has 29 heavy (non-hydrogen) atoms. The molecule has 1 saturated heterocycles. The Labute approximate surface area is 167 Å². The van der Waals surface area contributed by atoms with E-state index in [0.717, 1.165) is 30.6 Å². The number of aromatic nitrogens is 2. The van der Waals surface area contributed by atoms with Gasteiger partial charge >= 0.3 is 12.0 Å². The van der Waals surface area contributed by atoms with Crippen molar-refractivity contribution in [2.24, 2.45) is 0 Å². The predicted octanol–water partition coefficient (Wildman–Crippen LogP) is 1.69. The van der Waals surface area contributed by atoms with Crippen LogP contribution < -0.4 is 10.9 Å². The van der Waals surface area contributed by atoms with Gasteiger partial charge in [0.05, 0.1) is 5.39 Å². The molecule has 0 bridgehead atoms. The van der Waals surface area contributed by atoms with Crippen molar-refractivity contribution in [2.75, 3.05) is 19.7 Å². The minimum absolute atomic E-state index is 0.0191. The number of hydrogen-bond donors (Lipinski definition) is 1. The highest BCUT2D eigenvalue weighted by Gasteiger charge is 2.27. The summed E-state index contributed by atoms with van der Waals surface area (Å²) in [4.78, 5) is 49.9. The molecule has 9 heteroatoms. The summed E-state index contributed by atoms with van der Waals surface area (Å²) in [5, 5.41) is 7.47. The van der Waals surface area contributed by atoms with E-state index in [1.807, 2.05) is 0 Å². The number of imide groups is 1. The molecule has 1 aliphatic rings. The quantitative estimate of drug-likeness (QED) is 0.533. The van der Waals surface area contributed by atoms with E-state index in [1.54, 1.807) is 24.3 Å². The summed E-state index contributed by atoms with van der Waals surface area (Å²) in [5.41, 5.74) is -0.284. The van der Waals surface area contributed by atoms with Gasteiger partial charge in [-0.1, -0.05) is 44.4 Å². The highest BCUT2D eigenvalue weighted by atomic mass is 16.5. The molecule has 0 atom stereocenters. The van der Waals surface area contributed by atoms with E-state index in [2.05, 4.69) is 17.3 Å². The molecule has 2 heterocycles. The number of fused-ring (bicyclic) bond motifs is 1. The second kappa shape index (κ2) is 9.31. The number of aryl methyl sites for hydroxylation is 1. The largest absolute Gasteiger partial charge is 0.451 e. The zero-order chi connectivity index (χ0) is 20.8. The van der Waals surface area contributed by atoms with Crippen LogP contribution in [0.5, 0.6) is 0 Å². The minimum atomic E-state index is -0.809. The summed E-state index contributed by atoms with van der Waals surface area (Å²) >= 11 is 0. The van der Waals surface area contributed by atoms with Crippen LogP contribution in [0.1, 0.15) is 43.1 Å². The molecule has 1 aromatic heterocycles. The second-order valence-electron chi connectivity index (χ2n) is 6.84. The number of urea groups is 1. The Hall–Kier alpha value is -3.23. The Balaban J connectivity index is 1.80. The molecule has 1 fully saturated rings. The molecule has 3 amide bonds. The molecule has 1 aromatic carbocycles. The lowest BCUT2D eigenvalue weighted by molar-refractivity contribution is -0.130. The predicted molar refractivity (Wildman–Crippen MR) is 106 cm³/mol. The summed E-state index contributed by atoms with van der Waals surface area (Å²) < 4.78 is 6.39. The second-order valence-corrected chi connectivity index (χ2v) is 6.84. The van der Waals surface area contributed by atoms with Crippen molar-refractivity contribution in [3.05, 3.63) is 40.3 Å². The minimum Gasteiger partial charge on any atom is -0.451 e. The normalized spacial score (nSPS) is 13.6. The van der Waals surface area contributed by atoms with Gasteiger partial charge in [-0.2, -0.15) is 5.10 Å². The van der Waals surface area contributed by atoms with Crippen LogP contribution in [0.15, 0.2) is 29.1 Å². The summed E-state index contributed by atoms with van der Waals surface area (Å²) in [5.74, 6) is -1.41. The first-order valence-electron chi connectivity index (χ1n) is 9.78. The highest BCUT2D eigenvalue weighted by Crippen LogP contribution is 2.15. The van der Waals surface area contributed by atoms with Crippen molar-refractivity contribution in [1.82, 2.24) is 20.0 Å². The van der Waals surface area contributed by atoms with E-state index in [1.165, 1.54) is 4.68 Å². The van der Waals surface area contributed by atoms with Gasteiger partial charge in [0.15, 0.2) is 12.3 Å². The van der Waals surface area contributed by atoms with Crippen molar-refractivity contribution in [2.45, 2.75) is 39.2 Å². The van der Waals surface area contributed by atoms with Gasteiger partial charge in [0.2, 0.25) is 0 Å². The Morgan fingerprint density at radius 1 is 1.14 bits per heavy atom. The summed E-state index contributed by atoms with van der Waals surface area (Å²) in [7, 11) is 0. The van der Waals surface area contributed by atoms with Gasteiger partial charge in [0.25, 0.3) is 11.5 Å². The van der Waals surface area contributed by atoms with E-state index in [4.69, 9.17) is 4.74 Å². The fraction of sp³-hybridized carbons (Fsp3) is 0.450. The SMILES string of the molecule is CCCCCCn1nc(C(=O)OCC(=O)N2CCNC2=O)c2ccccc2c1=O. The van der Waals surface area contributed by atoms with Crippen LogP contribution in [0.3, 0.4) is 0 Å². The van der Waals surface area contributed by atoms with Gasteiger partial charge in [-0.15, -0.1) is 0 Å². The zero-order valence-electron chi connectivity index (χ0n) is 16.3. The summed E-state index contributed by atoms with van der Waals surface area (Å²) in [6.07, 6.45) is 3.86. The first-order chi connectivity index (χ1) is 14.0. The maximum Gasteiger partial charge on any atom is 0.359 e. The standard InChI is InChI=1S/C20H24N4O5/c1-2-3-4-7-11-24-18(26)15-9-6-5-8-14(15)17(22-24)19(27)29-13-16(25)23-12-10-21-20(23)28/h5-6,8-9H,2-4,7,10-13H2,1H3,(H,21,28). The van der Waals surface area contributed by atoms with Gasteiger partial charge < -0.3 is 10.1 Å². The lowest BCUT2D eigenvalue weighted by atomic mass is 10.1. The average Bonchev–Trinajstić information content (AvgIpc) is 3.16. The van der Waals surface area contributed by atoms with Crippen molar-refractivity contribution in [3.8, 4) is 0 Å². The van der Waals surface area contributed by atoms with Gasteiger partial charge in [-0.05, 0) is 12.5 Å². The lowest BCUT2D eigenvalue weighted by Gasteiger charge is -2.13. The molecule has 9 nitrogen and oxygen atoms in total. The molecule has 0 aliphatic carbocycles. The number of carbonyl (C=O) groups excluding carboxylic acids is 3. The molecule has 2 aromatic rings. The Morgan fingerprint density at radius 2 is 1.90 bits per heavy atom. The zero-order valence-corrected chi connectivity index (χ0v) is 16.3. The topological polar surface area (TPSA) is 111 Å². The van der Waals surface area contributed by atoms with E-state index in [-0.39, 0.29) is 17.8 Å². The molecule has 0 radical (unpaired) electrons. The smallest absolute Gasteiger partial charge is 0.359 e. The number of nitrogens with zero attached hydrogens (tertiary/aromatic N) is 3. The third-order valence-corrected chi connectivity index (χ3v) is 4.77. The first kappa shape index (κ1) is 20.5. The highest BCUT2D eigenvalue weighted by molar-refractivity contribution is 6.03. The summed E-state index contributed by atoms with van der Waals surface area (Å²) in [6, 6.07) is 6.17. The van der Waals surface area contributed by atoms with Crippen LogP contribution in [0.4, 0.5) is 4.79 Å². The summed E-state index contributed by atoms with van der Waals surface area (Å²) in [6.45, 7) is 2.53. The number of esters is 1. The average molecular weight is 400 g/mol. The molecule has 154 valence electrons. The third-order valence-electron chi connectivity index (χ3n) is 4.77. The van der Waals surface area contributed by atoms with Crippen LogP contribution in [0, 0.1) is 0 Å². The maximum atomic E-state index is 12.7. The Kier molecular flexibility index (Phi) is 6.58. The number of hydrogen-bond acceptors (Lipinski definition) is 6. The van der Waals surface area contributed by atoms with E-state index in [0.29, 0.717) is 23.9 Å². The molecular formula is C20H24N4O5.